The first-order valence-electron chi connectivity index (χ1n) is 14.3. The first-order chi connectivity index (χ1) is 21.7. The maximum Gasteiger partial charge on any atom is 0.586 e. The normalized spacial score (nSPS) is 15.8. The summed E-state index contributed by atoms with van der Waals surface area (Å²) in [6.45, 7) is 2.44. The topological polar surface area (TPSA) is 112 Å². The SMILES string of the molecule is CCOC(=O)CCC(=O)N1CCC(Oc2cc(C(F)(F)F)nn2-c2cccc(C(=O)N(C)c3ccc4c(c3)OC(F)(F)O4)c2)CC1. The zero-order valence-electron chi connectivity index (χ0n) is 24.7. The van der Waals surface area contributed by atoms with Gasteiger partial charge in [-0.2, -0.15) is 18.3 Å². The molecule has 246 valence electrons. The molecule has 1 fully saturated rings. The van der Waals surface area contributed by atoms with Crippen LogP contribution in [0.25, 0.3) is 5.69 Å². The van der Waals surface area contributed by atoms with E-state index in [-0.39, 0.29) is 72.8 Å². The number of rotatable bonds is 9. The molecule has 46 heavy (non-hydrogen) atoms. The van der Waals surface area contributed by atoms with Gasteiger partial charge in [0.05, 0.1) is 18.7 Å². The number of halogens is 5. The van der Waals surface area contributed by atoms with Crippen LogP contribution in [-0.2, 0) is 20.5 Å². The number of piperidine rings is 1. The third kappa shape index (κ3) is 7.32. The van der Waals surface area contributed by atoms with Crippen molar-refractivity contribution < 1.29 is 55.3 Å². The van der Waals surface area contributed by atoms with Crippen molar-refractivity contribution in [3.05, 3.63) is 59.8 Å². The molecule has 16 heteroatoms. The molecule has 2 aliphatic rings. The van der Waals surface area contributed by atoms with E-state index in [1.54, 1.807) is 11.8 Å². The molecule has 0 spiro atoms. The van der Waals surface area contributed by atoms with Crippen molar-refractivity contribution in [2.75, 3.05) is 31.6 Å². The lowest BCUT2D eigenvalue weighted by Crippen LogP contribution is -2.42. The monoisotopic (exact) mass is 652 g/mol. The van der Waals surface area contributed by atoms with Gasteiger partial charge in [0.1, 0.15) is 6.10 Å². The largest absolute Gasteiger partial charge is 0.586 e. The maximum atomic E-state index is 13.7. The molecule has 2 aliphatic heterocycles. The Hall–Kier alpha value is -4.89. The number of amides is 2. The minimum atomic E-state index is -4.79. The van der Waals surface area contributed by atoms with Gasteiger partial charge in [0.2, 0.25) is 11.8 Å². The number of ether oxygens (including phenoxy) is 4. The molecule has 0 N–H and O–H groups in total. The Kier molecular flexibility index (Phi) is 9.08. The Morgan fingerprint density at radius 3 is 2.43 bits per heavy atom. The smallest absolute Gasteiger partial charge is 0.474 e. The van der Waals surface area contributed by atoms with Crippen LogP contribution in [0, 0.1) is 0 Å². The van der Waals surface area contributed by atoms with Crippen molar-refractivity contribution in [1.82, 2.24) is 14.7 Å². The highest BCUT2D eigenvalue weighted by atomic mass is 19.4. The third-order valence-corrected chi connectivity index (χ3v) is 7.31. The molecule has 3 aromatic rings. The predicted molar refractivity (Wildman–Crippen MR) is 150 cm³/mol. The molecular formula is C30H29F5N4O7. The zero-order chi connectivity index (χ0) is 33.2. The van der Waals surface area contributed by atoms with E-state index in [1.165, 1.54) is 49.5 Å². The van der Waals surface area contributed by atoms with Gasteiger partial charge in [-0.3, -0.25) is 14.4 Å². The van der Waals surface area contributed by atoms with Crippen LogP contribution in [0.15, 0.2) is 48.5 Å². The molecule has 0 radical (unpaired) electrons. The highest BCUT2D eigenvalue weighted by molar-refractivity contribution is 6.06. The Balaban J connectivity index is 1.30. The summed E-state index contributed by atoms with van der Waals surface area (Å²) < 4.78 is 88.5. The minimum absolute atomic E-state index is 0.0130. The number of carbonyl (C=O) groups excluding carboxylic acids is 3. The number of benzene rings is 2. The molecule has 0 aliphatic carbocycles. The third-order valence-electron chi connectivity index (χ3n) is 7.31. The van der Waals surface area contributed by atoms with Crippen LogP contribution in [0.2, 0.25) is 0 Å². The zero-order valence-corrected chi connectivity index (χ0v) is 24.7. The Morgan fingerprint density at radius 2 is 1.74 bits per heavy atom. The molecule has 0 saturated carbocycles. The molecule has 0 unspecified atom stereocenters. The Morgan fingerprint density at radius 1 is 1.02 bits per heavy atom. The van der Waals surface area contributed by atoms with E-state index in [0.29, 0.717) is 12.8 Å². The molecular weight excluding hydrogens is 623 g/mol. The van der Waals surface area contributed by atoms with E-state index in [9.17, 15) is 36.3 Å². The van der Waals surface area contributed by atoms with E-state index in [4.69, 9.17) is 9.47 Å². The maximum absolute atomic E-state index is 13.7. The predicted octanol–water partition coefficient (Wildman–Crippen LogP) is 5.20. The van der Waals surface area contributed by atoms with Crippen LogP contribution in [0.1, 0.15) is 48.7 Å². The molecule has 11 nitrogen and oxygen atoms in total. The van der Waals surface area contributed by atoms with Crippen LogP contribution in [-0.4, -0.2) is 71.6 Å². The van der Waals surface area contributed by atoms with Crippen molar-refractivity contribution in [3.63, 3.8) is 0 Å². The second-order valence-electron chi connectivity index (χ2n) is 10.5. The van der Waals surface area contributed by atoms with Gasteiger partial charge >= 0.3 is 18.4 Å². The summed E-state index contributed by atoms with van der Waals surface area (Å²) in [7, 11) is 1.39. The lowest BCUT2D eigenvalue weighted by Gasteiger charge is -2.32. The standard InChI is InChI=1S/C30H29F5N4O7/c1-3-43-27(41)10-9-25(40)38-13-11-21(12-14-38)44-26-17-24(29(31,32)33)36-39(26)20-6-4-5-18(15-20)28(42)37(2)19-7-8-22-23(16-19)46-30(34,35)45-22/h4-8,15-17,21H,3,9-14H2,1-2H3. The van der Waals surface area contributed by atoms with Crippen molar-refractivity contribution in [2.24, 2.45) is 0 Å². The molecule has 3 heterocycles. The summed E-state index contributed by atoms with van der Waals surface area (Å²) in [5.74, 6) is -1.98. The van der Waals surface area contributed by atoms with Crippen LogP contribution < -0.4 is 19.1 Å². The highest BCUT2D eigenvalue weighted by Gasteiger charge is 2.43. The number of fused-ring (bicyclic) bond motifs is 1. The summed E-state index contributed by atoms with van der Waals surface area (Å²) in [4.78, 5) is 40.1. The molecule has 5 rings (SSSR count). The number of aromatic nitrogens is 2. The van der Waals surface area contributed by atoms with Gasteiger partial charge in [-0.25, -0.2) is 4.68 Å². The summed E-state index contributed by atoms with van der Waals surface area (Å²) in [5, 5.41) is 3.70. The molecule has 1 aromatic heterocycles. The first kappa shape index (κ1) is 32.5. The number of likely N-dealkylation sites (tertiary alicyclic amines) is 1. The average molecular weight is 653 g/mol. The fourth-order valence-electron chi connectivity index (χ4n) is 4.99. The van der Waals surface area contributed by atoms with Gasteiger partial charge in [-0.1, -0.05) is 6.07 Å². The van der Waals surface area contributed by atoms with E-state index in [0.717, 1.165) is 15.6 Å². The average Bonchev–Trinajstić information content (AvgIpc) is 3.58. The molecule has 0 bridgehead atoms. The molecule has 1 saturated heterocycles. The quantitative estimate of drug-likeness (QED) is 0.229. The minimum Gasteiger partial charge on any atom is -0.474 e. The Labute approximate surface area is 259 Å². The van der Waals surface area contributed by atoms with E-state index in [2.05, 4.69) is 14.6 Å². The van der Waals surface area contributed by atoms with Gasteiger partial charge in [-0.05, 0) is 37.3 Å². The van der Waals surface area contributed by atoms with Gasteiger partial charge in [-0.15, -0.1) is 8.78 Å². The van der Waals surface area contributed by atoms with Crippen molar-refractivity contribution in [2.45, 2.75) is 51.2 Å². The van der Waals surface area contributed by atoms with Crippen LogP contribution in [0.3, 0.4) is 0 Å². The van der Waals surface area contributed by atoms with Crippen LogP contribution in [0.5, 0.6) is 17.4 Å². The fourth-order valence-corrected chi connectivity index (χ4v) is 4.99. The van der Waals surface area contributed by atoms with Crippen molar-refractivity contribution in [1.29, 1.82) is 0 Å². The van der Waals surface area contributed by atoms with Gasteiger partial charge in [0.25, 0.3) is 5.91 Å². The fraction of sp³-hybridized carbons (Fsp3) is 0.400. The second kappa shape index (κ2) is 12.8. The van der Waals surface area contributed by atoms with Crippen molar-refractivity contribution in [3.8, 4) is 23.1 Å². The van der Waals surface area contributed by atoms with E-state index >= 15 is 0 Å². The van der Waals surface area contributed by atoms with Crippen LogP contribution >= 0.6 is 0 Å². The Bertz CT molecular complexity index is 1620. The van der Waals surface area contributed by atoms with Gasteiger partial charge < -0.3 is 28.7 Å². The van der Waals surface area contributed by atoms with Gasteiger partial charge in [0, 0.05) is 62.8 Å². The number of esters is 1. The number of nitrogens with zero attached hydrogens (tertiary/aromatic N) is 4. The molecule has 2 amide bonds. The summed E-state index contributed by atoms with van der Waals surface area (Å²) in [6.07, 6.45) is -8.58. The van der Waals surface area contributed by atoms with E-state index in [1.807, 2.05) is 0 Å². The number of hydrogen-bond acceptors (Lipinski definition) is 8. The number of anilines is 1. The van der Waals surface area contributed by atoms with Crippen molar-refractivity contribution >= 4 is 23.5 Å². The second-order valence-corrected chi connectivity index (χ2v) is 10.5. The summed E-state index contributed by atoms with van der Waals surface area (Å²) in [5.41, 5.74) is -0.849. The number of alkyl halides is 5. The summed E-state index contributed by atoms with van der Waals surface area (Å²) >= 11 is 0. The first-order valence-corrected chi connectivity index (χ1v) is 14.3. The van der Waals surface area contributed by atoms with E-state index < -0.39 is 36.1 Å². The molecule has 2 aromatic carbocycles. The highest BCUT2D eigenvalue weighted by Crippen LogP contribution is 2.43. The lowest BCUT2D eigenvalue weighted by atomic mass is 10.1. The summed E-state index contributed by atoms with van der Waals surface area (Å²) in [6, 6.07) is 10.2. The lowest BCUT2D eigenvalue weighted by molar-refractivity contribution is -0.286. The number of carbonyl (C=O) groups is 3. The molecule has 0 atom stereocenters. The van der Waals surface area contributed by atoms with Gasteiger partial charge in [0.15, 0.2) is 17.2 Å². The number of hydrogen-bond donors (Lipinski definition) is 0. The van der Waals surface area contributed by atoms with Crippen LogP contribution in [0.4, 0.5) is 27.6 Å².